The van der Waals surface area contributed by atoms with E-state index in [0.717, 1.165) is 5.56 Å². The lowest BCUT2D eigenvalue weighted by molar-refractivity contribution is -0.136. The molecule has 0 radical (unpaired) electrons. The number of rotatable bonds is 7. The first-order valence-electron chi connectivity index (χ1n) is 9.99. The molecule has 3 aromatic rings. The van der Waals surface area contributed by atoms with Gasteiger partial charge < -0.3 is 15.4 Å². The van der Waals surface area contributed by atoms with Crippen LogP contribution in [0.2, 0.25) is 10.0 Å². The number of hydrogen-bond acceptors (Lipinski definition) is 5. The fraction of sp³-hybridized carbons (Fsp3) is 0.0833. The normalized spacial score (nSPS) is 10.6. The number of amides is 3. The zero-order chi connectivity index (χ0) is 24.5. The summed E-state index contributed by atoms with van der Waals surface area (Å²) in [5.74, 6) is -1.66. The number of aryl methyl sites for hydroxylation is 1. The molecule has 3 rings (SSSR count). The van der Waals surface area contributed by atoms with Gasteiger partial charge in [-0.3, -0.25) is 14.4 Å². The molecule has 0 aromatic heterocycles. The average molecular weight is 499 g/mol. The van der Waals surface area contributed by atoms with Gasteiger partial charge in [0.05, 0.1) is 16.9 Å². The number of benzene rings is 3. The van der Waals surface area contributed by atoms with Gasteiger partial charge in [0, 0.05) is 10.7 Å². The highest BCUT2D eigenvalue weighted by molar-refractivity contribution is 6.39. The Balaban J connectivity index is 1.43. The molecule has 0 saturated heterocycles. The predicted molar refractivity (Wildman–Crippen MR) is 133 cm³/mol. The highest BCUT2D eigenvalue weighted by Gasteiger charge is 2.12. The molecule has 8 nitrogen and oxygen atoms in total. The Hall–Kier alpha value is -3.88. The summed E-state index contributed by atoms with van der Waals surface area (Å²) in [5.41, 5.74) is 4.78. The van der Waals surface area contributed by atoms with Crippen molar-refractivity contribution < 1.29 is 19.1 Å². The standard InChI is InChI=1S/C24H20Cl2N4O4/c1-15-2-7-18(8-3-15)28-23(32)24(33)30-27-13-16-4-9-19(10-5-16)34-14-22(31)29-21-11-6-17(25)12-20(21)26/h2-13H,14H2,1H3,(H,28,32)(H,29,31)(H,30,33)/b27-13-. The molecule has 0 saturated carbocycles. The Bertz CT molecular complexity index is 1210. The summed E-state index contributed by atoms with van der Waals surface area (Å²) < 4.78 is 5.45. The summed E-state index contributed by atoms with van der Waals surface area (Å²) in [7, 11) is 0. The van der Waals surface area contributed by atoms with Crippen molar-refractivity contribution in [1.82, 2.24) is 5.43 Å². The number of carbonyl (C=O) groups is 3. The van der Waals surface area contributed by atoms with E-state index in [1.54, 1.807) is 48.5 Å². The van der Waals surface area contributed by atoms with Crippen molar-refractivity contribution in [1.29, 1.82) is 0 Å². The summed E-state index contributed by atoms with van der Waals surface area (Å²) in [5, 5.41) is 9.68. The Morgan fingerprint density at radius 1 is 0.912 bits per heavy atom. The molecule has 10 heteroatoms. The van der Waals surface area contributed by atoms with Crippen LogP contribution in [0.4, 0.5) is 11.4 Å². The molecule has 174 valence electrons. The van der Waals surface area contributed by atoms with Gasteiger partial charge in [-0.25, -0.2) is 5.43 Å². The molecule has 0 aliphatic carbocycles. The number of nitrogens with zero attached hydrogens (tertiary/aromatic N) is 1. The third-order valence-electron chi connectivity index (χ3n) is 4.35. The van der Waals surface area contributed by atoms with Crippen LogP contribution >= 0.6 is 23.2 Å². The molecular weight excluding hydrogens is 479 g/mol. The molecular formula is C24H20Cl2N4O4. The maximum atomic E-state index is 12.1. The van der Waals surface area contributed by atoms with Crippen molar-refractivity contribution in [2.75, 3.05) is 17.2 Å². The first-order chi connectivity index (χ1) is 16.3. The lowest BCUT2D eigenvalue weighted by Crippen LogP contribution is -2.32. The van der Waals surface area contributed by atoms with Crippen LogP contribution in [0.1, 0.15) is 11.1 Å². The van der Waals surface area contributed by atoms with Crippen molar-refractivity contribution in [2.24, 2.45) is 5.10 Å². The molecule has 3 aromatic carbocycles. The Kier molecular flexibility index (Phi) is 8.61. The van der Waals surface area contributed by atoms with Crippen LogP contribution in [-0.2, 0) is 14.4 Å². The van der Waals surface area contributed by atoms with Gasteiger partial charge in [0.15, 0.2) is 6.61 Å². The van der Waals surface area contributed by atoms with E-state index in [-0.39, 0.29) is 12.5 Å². The second-order valence-corrected chi connectivity index (χ2v) is 7.89. The van der Waals surface area contributed by atoms with Gasteiger partial charge in [-0.05, 0) is 67.1 Å². The summed E-state index contributed by atoms with van der Waals surface area (Å²) >= 11 is 11.9. The van der Waals surface area contributed by atoms with Crippen LogP contribution < -0.4 is 20.8 Å². The van der Waals surface area contributed by atoms with E-state index in [9.17, 15) is 14.4 Å². The second-order valence-electron chi connectivity index (χ2n) is 7.05. The van der Waals surface area contributed by atoms with Crippen LogP contribution in [0.25, 0.3) is 0 Å². The van der Waals surface area contributed by atoms with E-state index in [1.807, 2.05) is 19.1 Å². The minimum Gasteiger partial charge on any atom is -0.484 e. The summed E-state index contributed by atoms with van der Waals surface area (Å²) in [6.07, 6.45) is 1.37. The zero-order valence-electron chi connectivity index (χ0n) is 18.0. The van der Waals surface area contributed by atoms with E-state index >= 15 is 0 Å². The molecule has 3 amide bonds. The van der Waals surface area contributed by atoms with E-state index in [2.05, 4.69) is 21.2 Å². The van der Waals surface area contributed by atoms with Crippen LogP contribution in [0.5, 0.6) is 5.75 Å². The third-order valence-corrected chi connectivity index (χ3v) is 4.90. The van der Waals surface area contributed by atoms with Crippen molar-refractivity contribution in [3.8, 4) is 5.75 Å². The topological polar surface area (TPSA) is 109 Å². The molecule has 3 N–H and O–H groups in total. The zero-order valence-corrected chi connectivity index (χ0v) is 19.5. The van der Waals surface area contributed by atoms with Crippen molar-refractivity contribution in [2.45, 2.75) is 6.92 Å². The smallest absolute Gasteiger partial charge is 0.329 e. The predicted octanol–water partition coefficient (Wildman–Crippen LogP) is 4.41. The molecule has 0 aliphatic rings. The van der Waals surface area contributed by atoms with Gasteiger partial charge >= 0.3 is 11.8 Å². The minimum absolute atomic E-state index is 0.224. The quantitative estimate of drug-likeness (QED) is 0.254. The van der Waals surface area contributed by atoms with Gasteiger partial charge in [-0.1, -0.05) is 40.9 Å². The molecule has 0 bridgehead atoms. The highest BCUT2D eigenvalue weighted by atomic mass is 35.5. The monoisotopic (exact) mass is 498 g/mol. The Morgan fingerprint density at radius 3 is 2.29 bits per heavy atom. The first kappa shape index (κ1) is 24.8. The molecule has 0 atom stereocenters. The summed E-state index contributed by atoms with van der Waals surface area (Å²) in [6, 6.07) is 18.4. The molecule has 0 aliphatic heterocycles. The summed E-state index contributed by atoms with van der Waals surface area (Å²) in [4.78, 5) is 35.8. The summed E-state index contributed by atoms with van der Waals surface area (Å²) in [6.45, 7) is 1.69. The number of hydrogen-bond donors (Lipinski definition) is 3. The van der Waals surface area contributed by atoms with Gasteiger partial charge in [0.25, 0.3) is 5.91 Å². The molecule has 0 heterocycles. The fourth-order valence-corrected chi connectivity index (χ4v) is 3.07. The number of halogens is 2. The second kappa shape index (κ2) is 11.8. The maximum absolute atomic E-state index is 12.1. The number of ether oxygens (including phenoxy) is 1. The minimum atomic E-state index is -0.899. The SMILES string of the molecule is Cc1ccc(NC(=O)C(=O)N/N=C\c2ccc(OCC(=O)Nc3ccc(Cl)cc3Cl)cc2)cc1. The van der Waals surface area contributed by atoms with Crippen LogP contribution in [-0.4, -0.2) is 30.5 Å². The molecule has 0 fully saturated rings. The van der Waals surface area contributed by atoms with Crippen LogP contribution in [0.15, 0.2) is 71.8 Å². The van der Waals surface area contributed by atoms with Crippen LogP contribution in [0, 0.1) is 6.92 Å². The van der Waals surface area contributed by atoms with Gasteiger partial charge in [0.2, 0.25) is 0 Å². The highest BCUT2D eigenvalue weighted by Crippen LogP contribution is 2.25. The lowest BCUT2D eigenvalue weighted by atomic mass is 10.2. The molecule has 34 heavy (non-hydrogen) atoms. The van der Waals surface area contributed by atoms with Crippen molar-refractivity contribution in [3.63, 3.8) is 0 Å². The fourth-order valence-electron chi connectivity index (χ4n) is 2.62. The van der Waals surface area contributed by atoms with Gasteiger partial charge in [0.1, 0.15) is 5.75 Å². The van der Waals surface area contributed by atoms with Gasteiger partial charge in [-0.2, -0.15) is 5.10 Å². The number of hydrazone groups is 1. The van der Waals surface area contributed by atoms with E-state index in [1.165, 1.54) is 12.3 Å². The number of carbonyl (C=O) groups excluding carboxylic acids is 3. The number of anilines is 2. The Labute approximate surface area is 205 Å². The third kappa shape index (κ3) is 7.61. The first-order valence-corrected chi connectivity index (χ1v) is 10.7. The van der Waals surface area contributed by atoms with E-state index < -0.39 is 11.8 Å². The van der Waals surface area contributed by atoms with E-state index in [4.69, 9.17) is 27.9 Å². The largest absolute Gasteiger partial charge is 0.484 e. The van der Waals surface area contributed by atoms with Crippen molar-refractivity contribution >= 4 is 58.5 Å². The molecule has 0 unspecified atom stereocenters. The van der Waals surface area contributed by atoms with Gasteiger partial charge in [-0.15, -0.1) is 0 Å². The van der Waals surface area contributed by atoms with Crippen LogP contribution in [0.3, 0.4) is 0 Å². The van der Waals surface area contributed by atoms with E-state index in [0.29, 0.717) is 32.7 Å². The molecule has 0 spiro atoms. The van der Waals surface area contributed by atoms with Crippen molar-refractivity contribution in [3.05, 3.63) is 87.9 Å². The Morgan fingerprint density at radius 2 is 1.62 bits per heavy atom. The lowest BCUT2D eigenvalue weighted by Gasteiger charge is -2.09. The number of nitrogens with one attached hydrogen (secondary N) is 3. The maximum Gasteiger partial charge on any atom is 0.329 e. The average Bonchev–Trinajstić information content (AvgIpc) is 2.81.